The summed E-state index contributed by atoms with van der Waals surface area (Å²) in [5.74, 6) is -0.193. The van der Waals surface area contributed by atoms with Crippen molar-refractivity contribution in [2.24, 2.45) is 16.3 Å². The molecule has 0 saturated carbocycles. The van der Waals surface area contributed by atoms with Crippen LogP contribution in [-0.4, -0.2) is 23.9 Å². The highest BCUT2D eigenvalue weighted by atomic mass is 19.4. The van der Waals surface area contributed by atoms with Gasteiger partial charge in [0, 0.05) is 23.7 Å². The zero-order valence-electron chi connectivity index (χ0n) is 11.7. The van der Waals surface area contributed by atoms with E-state index < -0.39 is 11.8 Å². The predicted octanol–water partition coefficient (Wildman–Crippen LogP) is 3.16. The summed E-state index contributed by atoms with van der Waals surface area (Å²) in [6.07, 6.45) is -4.18. The lowest BCUT2D eigenvalue weighted by atomic mass is 9.88. The van der Waals surface area contributed by atoms with Crippen molar-refractivity contribution in [3.63, 3.8) is 0 Å². The van der Waals surface area contributed by atoms with E-state index in [2.05, 4.69) is 15.2 Å². The second kappa shape index (κ2) is 6.55. The monoisotopic (exact) mass is 305 g/mol. The minimum atomic E-state index is -4.72. The summed E-state index contributed by atoms with van der Waals surface area (Å²) in [7, 11) is 0. The van der Waals surface area contributed by atoms with Gasteiger partial charge in [-0.25, -0.2) is 0 Å². The van der Waals surface area contributed by atoms with Gasteiger partial charge < -0.3 is 21.0 Å². The van der Waals surface area contributed by atoms with Gasteiger partial charge in [0.15, 0.2) is 0 Å². The van der Waals surface area contributed by atoms with Crippen molar-refractivity contribution in [1.82, 2.24) is 0 Å². The van der Waals surface area contributed by atoms with Crippen molar-refractivity contribution in [3.05, 3.63) is 24.3 Å². The van der Waals surface area contributed by atoms with E-state index in [9.17, 15) is 13.2 Å². The molecular formula is C13H18F3N3O2. The van der Waals surface area contributed by atoms with Gasteiger partial charge in [-0.05, 0) is 18.6 Å². The fourth-order valence-corrected chi connectivity index (χ4v) is 1.59. The molecule has 118 valence electrons. The Balaban J connectivity index is 2.59. The van der Waals surface area contributed by atoms with Gasteiger partial charge in [0.2, 0.25) is 0 Å². The van der Waals surface area contributed by atoms with Crippen molar-refractivity contribution < 1.29 is 23.1 Å². The average molecular weight is 305 g/mol. The Labute approximate surface area is 120 Å². The predicted molar refractivity (Wildman–Crippen MR) is 73.4 cm³/mol. The van der Waals surface area contributed by atoms with Crippen molar-refractivity contribution >= 4 is 11.5 Å². The van der Waals surface area contributed by atoms with E-state index in [-0.39, 0.29) is 11.6 Å². The molecule has 4 N–H and O–H groups in total. The number of rotatable bonds is 6. The Hall–Kier alpha value is -2.12. The topological polar surface area (TPSA) is 79.9 Å². The molecule has 0 aliphatic rings. The Morgan fingerprint density at radius 3 is 2.62 bits per heavy atom. The molecule has 1 aromatic carbocycles. The van der Waals surface area contributed by atoms with Gasteiger partial charge in [-0.2, -0.15) is 0 Å². The molecule has 21 heavy (non-hydrogen) atoms. The van der Waals surface area contributed by atoms with Crippen LogP contribution in [0.4, 0.5) is 18.9 Å². The Bertz CT molecular complexity index is 502. The van der Waals surface area contributed by atoms with Crippen molar-refractivity contribution in [3.8, 4) is 5.75 Å². The first-order chi connectivity index (χ1) is 9.64. The number of oxime groups is 1. The largest absolute Gasteiger partial charge is 0.573 e. The van der Waals surface area contributed by atoms with E-state index in [0.717, 1.165) is 0 Å². The molecule has 0 radical (unpaired) electrons. The summed E-state index contributed by atoms with van der Waals surface area (Å²) in [5.41, 5.74) is 5.52. The summed E-state index contributed by atoms with van der Waals surface area (Å²) in [4.78, 5) is 0. The number of benzene rings is 1. The standard InChI is InChI=1S/C13H18F3N3O2/c1-12(2,11(17)19-20)6-7-18-9-4-3-5-10(8-9)21-13(14,15)16/h3-5,8,18,20H,6-7H2,1-2H3,(H2,17,19). The summed E-state index contributed by atoms with van der Waals surface area (Å²) < 4.78 is 40.2. The molecular weight excluding hydrogens is 287 g/mol. The highest BCUT2D eigenvalue weighted by Gasteiger charge is 2.31. The number of amidine groups is 1. The van der Waals surface area contributed by atoms with Crippen LogP contribution < -0.4 is 15.8 Å². The first-order valence-electron chi connectivity index (χ1n) is 6.22. The van der Waals surface area contributed by atoms with Crippen molar-refractivity contribution in [2.45, 2.75) is 26.6 Å². The number of nitrogens with one attached hydrogen (secondary N) is 1. The maximum absolute atomic E-state index is 12.1. The molecule has 5 nitrogen and oxygen atoms in total. The summed E-state index contributed by atoms with van der Waals surface area (Å²) in [6, 6.07) is 5.56. The zero-order valence-corrected chi connectivity index (χ0v) is 11.7. The van der Waals surface area contributed by atoms with Crippen LogP contribution in [0, 0.1) is 5.41 Å². The maximum Gasteiger partial charge on any atom is 0.573 e. The van der Waals surface area contributed by atoms with Gasteiger partial charge in [-0.15, -0.1) is 13.2 Å². The fraction of sp³-hybridized carbons (Fsp3) is 0.462. The van der Waals surface area contributed by atoms with E-state index in [1.807, 2.05) is 0 Å². The number of alkyl halides is 3. The van der Waals surface area contributed by atoms with E-state index in [1.165, 1.54) is 18.2 Å². The zero-order chi connectivity index (χ0) is 16.1. The number of nitrogens with zero attached hydrogens (tertiary/aromatic N) is 1. The van der Waals surface area contributed by atoms with Crippen LogP contribution in [0.1, 0.15) is 20.3 Å². The molecule has 0 aromatic heterocycles. The lowest BCUT2D eigenvalue weighted by Crippen LogP contribution is -2.33. The number of hydrogen-bond acceptors (Lipinski definition) is 4. The molecule has 0 aliphatic heterocycles. The third kappa shape index (κ3) is 5.80. The van der Waals surface area contributed by atoms with Gasteiger partial charge in [-0.3, -0.25) is 0 Å². The molecule has 1 aromatic rings. The van der Waals surface area contributed by atoms with E-state index in [4.69, 9.17) is 10.9 Å². The molecule has 0 amide bonds. The Morgan fingerprint density at radius 1 is 1.38 bits per heavy atom. The number of nitrogens with two attached hydrogens (primary N) is 1. The fourth-order valence-electron chi connectivity index (χ4n) is 1.59. The normalized spacial score (nSPS) is 13.1. The van der Waals surface area contributed by atoms with Crippen molar-refractivity contribution in [2.75, 3.05) is 11.9 Å². The molecule has 0 atom stereocenters. The van der Waals surface area contributed by atoms with Gasteiger partial charge in [-0.1, -0.05) is 25.1 Å². The minimum Gasteiger partial charge on any atom is -0.409 e. The van der Waals surface area contributed by atoms with E-state index in [1.54, 1.807) is 19.9 Å². The quantitative estimate of drug-likeness (QED) is 0.326. The summed E-state index contributed by atoms with van der Waals surface area (Å²) in [5, 5.41) is 14.6. The molecule has 0 saturated heterocycles. The molecule has 0 bridgehead atoms. The third-order valence-electron chi connectivity index (χ3n) is 2.95. The van der Waals surface area contributed by atoms with Gasteiger partial charge >= 0.3 is 6.36 Å². The molecule has 0 fully saturated rings. The lowest BCUT2D eigenvalue weighted by Gasteiger charge is -2.23. The summed E-state index contributed by atoms with van der Waals surface area (Å²) in [6.45, 7) is 4.04. The second-order valence-electron chi connectivity index (χ2n) is 5.12. The van der Waals surface area contributed by atoms with Gasteiger partial charge in [0.1, 0.15) is 11.6 Å². The van der Waals surface area contributed by atoms with E-state index >= 15 is 0 Å². The molecule has 1 rings (SSSR count). The first-order valence-corrected chi connectivity index (χ1v) is 6.22. The highest BCUT2D eigenvalue weighted by molar-refractivity contribution is 5.85. The molecule has 0 aliphatic carbocycles. The van der Waals surface area contributed by atoms with Crippen molar-refractivity contribution in [1.29, 1.82) is 0 Å². The second-order valence-corrected chi connectivity index (χ2v) is 5.12. The van der Waals surface area contributed by atoms with Crippen LogP contribution in [0.15, 0.2) is 29.4 Å². The maximum atomic E-state index is 12.1. The highest BCUT2D eigenvalue weighted by Crippen LogP contribution is 2.26. The van der Waals surface area contributed by atoms with Crippen LogP contribution in [0.5, 0.6) is 5.75 Å². The van der Waals surface area contributed by atoms with Crippen LogP contribution in [0.3, 0.4) is 0 Å². The first kappa shape index (κ1) is 16.9. The lowest BCUT2D eigenvalue weighted by molar-refractivity contribution is -0.274. The third-order valence-corrected chi connectivity index (χ3v) is 2.95. The summed E-state index contributed by atoms with van der Waals surface area (Å²) >= 11 is 0. The van der Waals surface area contributed by atoms with Gasteiger partial charge in [0.05, 0.1) is 0 Å². The smallest absolute Gasteiger partial charge is 0.409 e. The van der Waals surface area contributed by atoms with E-state index in [0.29, 0.717) is 18.7 Å². The molecule has 0 unspecified atom stereocenters. The SMILES string of the molecule is CC(C)(CCNc1cccc(OC(F)(F)F)c1)C(N)=NO. The number of anilines is 1. The molecule has 0 spiro atoms. The number of hydrogen-bond donors (Lipinski definition) is 3. The molecule has 8 heteroatoms. The van der Waals surface area contributed by atoms with Crippen LogP contribution in [0.25, 0.3) is 0 Å². The van der Waals surface area contributed by atoms with Crippen LogP contribution >= 0.6 is 0 Å². The van der Waals surface area contributed by atoms with Crippen LogP contribution in [0.2, 0.25) is 0 Å². The number of ether oxygens (including phenoxy) is 1. The Morgan fingerprint density at radius 2 is 2.05 bits per heavy atom. The Kier molecular flexibility index (Phi) is 5.28. The average Bonchev–Trinajstić information content (AvgIpc) is 2.36. The van der Waals surface area contributed by atoms with Gasteiger partial charge in [0.25, 0.3) is 0 Å². The van der Waals surface area contributed by atoms with Crippen LogP contribution in [-0.2, 0) is 0 Å². The number of halogens is 3. The molecule has 0 heterocycles. The minimum absolute atomic E-state index is 0.0958.